The molecule has 0 bridgehead atoms. The Morgan fingerprint density at radius 2 is 2.00 bits per heavy atom. The normalized spacial score (nSPS) is 16.4. The first-order valence-electron chi connectivity index (χ1n) is 8.21. The molecule has 0 spiro atoms. The van der Waals surface area contributed by atoms with E-state index < -0.39 is 17.6 Å². The van der Waals surface area contributed by atoms with Crippen molar-refractivity contribution < 1.29 is 23.5 Å². The van der Waals surface area contributed by atoms with Gasteiger partial charge in [0.2, 0.25) is 11.8 Å². The van der Waals surface area contributed by atoms with Crippen LogP contribution in [0.4, 0.5) is 15.8 Å². The number of nitrogens with one attached hydrogen (secondary N) is 1. The summed E-state index contributed by atoms with van der Waals surface area (Å²) in [5, 5.41) is 2.75. The number of rotatable bonds is 5. The Labute approximate surface area is 160 Å². The molecule has 1 fully saturated rings. The topological polar surface area (TPSA) is 67.9 Å². The zero-order chi connectivity index (χ0) is 19.6. The minimum absolute atomic E-state index is 0.0153. The summed E-state index contributed by atoms with van der Waals surface area (Å²) < 4.78 is 24.4. The number of hydrogen-bond acceptors (Lipinski definition) is 4. The highest BCUT2D eigenvalue weighted by Gasteiger charge is 2.36. The van der Waals surface area contributed by atoms with Gasteiger partial charge >= 0.3 is 0 Å². The first-order valence-corrected chi connectivity index (χ1v) is 8.59. The second-order valence-electron chi connectivity index (χ2n) is 6.06. The van der Waals surface area contributed by atoms with Crippen molar-refractivity contribution in [3.8, 4) is 11.5 Å². The Bertz CT molecular complexity index is 890. The molecule has 2 aromatic carbocycles. The van der Waals surface area contributed by atoms with Gasteiger partial charge in [-0.1, -0.05) is 11.6 Å². The molecule has 1 heterocycles. The molecule has 3 rings (SSSR count). The van der Waals surface area contributed by atoms with E-state index in [-0.39, 0.29) is 29.6 Å². The molecule has 1 aliphatic rings. The van der Waals surface area contributed by atoms with E-state index in [2.05, 4.69) is 5.32 Å². The molecule has 0 aromatic heterocycles. The predicted octanol–water partition coefficient (Wildman–Crippen LogP) is 3.49. The number of amides is 2. The average molecular weight is 393 g/mol. The van der Waals surface area contributed by atoms with Gasteiger partial charge in [-0.2, -0.15) is 0 Å². The number of methoxy groups -OCH3 is 2. The highest BCUT2D eigenvalue weighted by molar-refractivity contribution is 6.30. The van der Waals surface area contributed by atoms with Crippen LogP contribution >= 0.6 is 11.6 Å². The summed E-state index contributed by atoms with van der Waals surface area (Å²) in [6.07, 6.45) is 0.0153. The molecule has 142 valence electrons. The maximum absolute atomic E-state index is 13.9. The molecule has 2 amide bonds. The monoisotopic (exact) mass is 392 g/mol. The predicted molar refractivity (Wildman–Crippen MR) is 100 cm³/mol. The van der Waals surface area contributed by atoms with Gasteiger partial charge in [0.25, 0.3) is 0 Å². The molecule has 2 aromatic rings. The molecule has 1 atom stereocenters. The van der Waals surface area contributed by atoms with Crippen molar-refractivity contribution in [3.63, 3.8) is 0 Å². The number of benzene rings is 2. The summed E-state index contributed by atoms with van der Waals surface area (Å²) in [4.78, 5) is 26.5. The van der Waals surface area contributed by atoms with Crippen molar-refractivity contribution in [2.75, 3.05) is 31.0 Å². The SMILES string of the molecule is COc1ccc(OC)c(N2CC(C(=O)Nc3ccc(Cl)cc3F)CC2=O)c1. The van der Waals surface area contributed by atoms with Crippen LogP contribution in [0.2, 0.25) is 5.02 Å². The summed E-state index contributed by atoms with van der Waals surface area (Å²) in [6.45, 7) is 0.156. The number of hydrogen-bond donors (Lipinski definition) is 1. The third-order valence-electron chi connectivity index (χ3n) is 4.36. The van der Waals surface area contributed by atoms with E-state index in [0.29, 0.717) is 17.2 Å². The van der Waals surface area contributed by atoms with E-state index in [1.165, 1.54) is 31.3 Å². The number of halogens is 2. The van der Waals surface area contributed by atoms with E-state index in [1.807, 2.05) is 0 Å². The summed E-state index contributed by atoms with van der Waals surface area (Å²) in [5.74, 6) is -0.856. The van der Waals surface area contributed by atoms with Crippen LogP contribution in [0.3, 0.4) is 0 Å². The summed E-state index contributed by atoms with van der Waals surface area (Å²) in [5.41, 5.74) is 0.545. The van der Waals surface area contributed by atoms with Crippen LogP contribution in [0.5, 0.6) is 11.5 Å². The highest BCUT2D eigenvalue weighted by atomic mass is 35.5. The smallest absolute Gasteiger partial charge is 0.229 e. The molecule has 0 saturated carbocycles. The minimum atomic E-state index is -0.633. The Morgan fingerprint density at radius 1 is 1.22 bits per heavy atom. The van der Waals surface area contributed by atoms with Gasteiger partial charge in [0.15, 0.2) is 0 Å². The highest BCUT2D eigenvalue weighted by Crippen LogP contribution is 2.36. The fourth-order valence-corrected chi connectivity index (χ4v) is 3.11. The Kier molecular flexibility index (Phi) is 5.51. The van der Waals surface area contributed by atoms with Gasteiger partial charge in [-0.25, -0.2) is 4.39 Å². The number of nitrogens with zero attached hydrogens (tertiary/aromatic N) is 1. The van der Waals surface area contributed by atoms with Crippen molar-refractivity contribution in [3.05, 3.63) is 47.2 Å². The Balaban J connectivity index is 1.78. The van der Waals surface area contributed by atoms with E-state index in [0.717, 1.165) is 6.07 Å². The van der Waals surface area contributed by atoms with Gasteiger partial charge in [0.1, 0.15) is 17.3 Å². The first-order chi connectivity index (χ1) is 12.9. The van der Waals surface area contributed by atoms with Gasteiger partial charge in [-0.05, 0) is 30.3 Å². The van der Waals surface area contributed by atoms with Gasteiger partial charge in [0.05, 0.1) is 31.5 Å². The largest absolute Gasteiger partial charge is 0.497 e. The molecule has 27 heavy (non-hydrogen) atoms. The molecule has 8 heteroatoms. The third kappa shape index (κ3) is 3.98. The van der Waals surface area contributed by atoms with Crippen molar-refractivity contribution >= 4 is 34.8 Å². The molecule has 1 unspecified atom stereocenters. The fraction of sp³-hybridized carbons (Fsp3) is 0.263. The third-order valence-corrected chi connectivity index (χ3v) is 4.60. The lowest BCUT2D eigenvalue weighted by atomic mass is 10.1. The molecule has 0 radical (unpaired) electrons. The maximum Gasteiger partial charge on any atom is 0.229 e. The quantitative estimate of drug-likeness (QED) is 0.845. The van der Waals surface area contributed by atoms with Gasteiger partial charge in [0, 0.05) is 24.1 Å². The number of anilines is 2. The molecule has 6 nitrogen and oxygen atoms in total. The van der Waals surface area contributed by atoms with E-state index in [9.17, 15) is 14.0 Å². The summed E-state index contributed by atoms with van der Waals surface area (Å²) >= 11 is 5.71. The Morgan fingerprint density at radius 3 is 2.67 bits per heavy atom. The van der Waals surface area contributed by atoms with Crippen LogP contribution in [0.15, 0.2) is 36.4 Å². The van der Waals surface area contributed by atoms with Crippen LogP contribution in [-0.4, -0.2) is 32.6 Å². The molecule has 1 N–H and O–H groups in total. The van der Waals surface area contributed by atoms with Crippen molar-refractivity contribution in [1.82, 2.24) is 0 Å². The van der Waals surface area contributed by atoms with E-state index >= 15 is 0 Å². The number of carbonyl (C=O) groups excluding carboxylic acids is 2. The lowest BCUT2D eigenvalue weighted by molar-refractivity contribution is -0.122. The second-order valence-corrected chi connectivity index (χ2v) is 6.49. The van der Waals surface area contributed by atoms with Crippen LogP contribution in [-0.2, 0) is 9.59 Å². The average Bonchev–Trinajstić information content (AvgIpc) is 3.05. The zero-order valence-corrected chi connectivity index (χ0v) is 15.5. The van der Waals surface area contributed by atoms with Crippen molar-refractivity contribution in [2.24, 2.45) is 5.92 Å². The molecular formula is C19H18ClFN2O4. The lowest BCUT2D eigenvalue weighted by Crippen LogP contribution is -2.28. The van der Waals surface area contributed by atoms with Crippen molar-refractivity contribution in [1.29, 1.82) is 0 Å². The summed E-state index contributed by atoms with van der Waals surface area (Å²) in [6, 6.07) is 9.07. The maximum atomic E-state index is 13.9. The van der Waals surface area contributed by atoms with E-state index in [4.69, 9.17) is 21.1 Å². The first kappa shape index (κ1) is 19.0. The molecule has 1 aliphatic heterocycles. The van der Waals surface area contributed by atoms with Gasteiger partial charge < -0.3 is 19.7 Å². The van der Waals surface area contributed by atoms with Crippen LogP contribution in [0, 0.1) is 11.7 Å². The second kappa shape index (κ2) is 7.84. The Hall–Kier alpha value is -2.80. The lowest BCUT2D eigenvalue weighted by Gasteiger charge is -2.20. The van der Waals surface area contributed by atoms with Gasteiger partial charge in [-0.3, -0.25) is 9.59 Å². The number of carbonyl (C=O) groups is 2. The van der Waals surface area contributed by atoms with Crippen LogP contribution in [0.25, 0.3) is 0 Å². The fourth-order valence-electron chi connectivity index (χ4n) is 2.95. The van der Waals surface area contributed by atoms with Gasteiger partial charge in [-0.15, -0.1) is 0 Å². The van der Waals surface area contributed by atoms with E-state index in [1.54, 1.807) is 18.2 Å². The zero-order valence-electron chi connectivity index (χ0n) is 14.8. The minimum Gasteiger partial charge on any atom is -0.497 e. The standard InChI is InChI=1S/C19H18ClFN2O4/c1-26-13-4-6-17(27-2)16(9-13)23-10-11(7-18(23)24)19(25)22-15-5-3-12(20)8-14(15)21/h3-6,8-9,11H,7,10H2,1-2H3,(H,22,25). The number of ether oxygens (including phenoxy) is 2. The molecule has 1 saturated heterocycles. The molecular weight excluding hydrogens is 375 g/mol. The van der Waals surface area contributed by atoms with Crippen LogP contribution < -0.4 is 19.7 Å². The molecule has 0 aliphatic carbocycles. The summed E-state index contributed by atoms with van der Waals surface area (Å²) in [7, 11) is 3.02. The van der Waals surface area contributed by atoms with Crippen LogP contribution in [0.1, 0.15) is 6.42 Å². The van der Waals surface area contributed by atoms with Crippen molar-refractivity contribution in [2.45, 2.75) is 6.42 Å².